The summed E-state index contributed by atoms with van der Waals surface area (Å²) in [6, 6.07) is 13.6. The van der Waals surface area contributed by atoms with E-state index in [-0.39, 0.29) is 5.69 Å². The van der Waals surface area contributed by atoms with Crippen molar-refractivity contribution in [2.75, 3.05) is 5.32 Å². The van der Waals surface area contributed by atoms with E-state index in [4.69, 9.17) is 0 Å². The van der Waals surface area contributed by atoms with E-state index in [2.05, 4.69) is 15.3 Å². The number of benzene rings is 2. The van der Waals surface area contributed by atoms with Crippen LogP contribution in [0.15, 0.2) is 54.6 Å². The van der Waals surface area contributed by atoms with E-state index in [0.717, 1.165) is 28.1 Å². The highest BCUT2D eigenvalue weighted by Crippen LogP contribution is 2.34. The molecular weight excluding hydrogens is 411 g/mol. The van der Waals surface area contributed by atoms with Gasteiger partial charge in [0.2, 0.25) is 0 Å². The number of fused-ring (bicyclic) bond motifs is 1. The summed E-state index contributed by atoms with van der Waals surface area (Å²) in [7, 11) is 0. The zero-order chi connectivity index (χ0) is 21.5. The molecule has 0 atom stereocenters. The third-order valence-corrected chi connectivity index (χ3v) is 5.69. The first kappa shape index (κ1) is 20.0. The maximum Gasteiger partial charge on any atom is 0.416 e. The van der Waals surface area contributed by atoms with Crippen LogP contribution in [0.4, 0.5) is 18.3 Å². The fraction of sp³-hybridized carbons (Fsp3) is 0.136. The zero-order valence-corrected chi connectivity index (χ0v) is 16.9. The van der Waals surface area contributed by atoms with Gasteiger partial charge in [-0.05, 0) is 37.6 Å². The van der Waals surface area contributed by atoms with Crippen LogP contribution >= 0.6 is 11.3 Å². The van der Waals surface area contributed by atoms with Crippen LogP contribution in [-0.2, 0) is 6.18 Å². The number of thiazole rings is 1. The van der Waals surface area contributed by atoms with Gasteiger partial charge in [0.05, 0.1) is 16.8 Å². The van der Waals surface area contributed by atoms with Gasteiger partial charge in [-0.25, -0.2) is 9.97 Å². The molecule has 2 aromatic heterocycles. The summed E-state index contributed by atoms with van der Waals surface area (Å²) in [6.45, 7) is 3.77. The van der Waals surface area contributed by atoms with Gasteiger partial charge in [-0.2, -0.15) is 13.2 Å². The van der Waals surface area contributed by atoms with E-state index in [9.17, 15) is 18.0 Å². The summed E-state index contributed by atoms with van der Waals surface area (Å²) in [4.78, 5) is 22.4. The Bertz CT molecular complexity index is 1240. The number of pyridine rings is 1. The molecule has 4 aromatic rings. The molecule has 2 aromatic carbocycles. The number of aryl methyl sites for hydroxylation is 2. The van der Waals surface area contributed by atoms with Crippen LogP contribution in [0.1, 0.15) is 26.6 Å². The largest absolute Gasteiger partial charge is 0.416 e. The Labute approximate surface area is 174 Å². The Kier molecular flexibility index (Phi) is 5.03. The minimum Gasteiger partial charge on any atom is -0.296 e. The number of anilines is 1. The van der Waals surface area contributed by atoms with Gasteiger partial charge in [-0.1, -0.05) is 36.4 Å². The van der Waals surface area contributed by atoms with Crippen molar-refractivity contribution in [2.24, 2.45) is 0 Å². The van der Waals surface area contributed by atoms with Crippen molar-refractivity contribution in [1.82, 2.24) is 9.97 Å². The number of nitrogens with zero attached hydrogens (tertiary/aromatic N) is 2. The number of alkyl halides is 3. The highest BCUT2D eigenvalue weighted by atomic mass is 32.1. The van der Waals surface area contributed by atoms with E-state index in [0.29, 0.717) is 21.8 Å². The number of para-hydroxylation sites is 1. The minimum atomic E-state index is -4.44. The molecular formula is C22H16F3N3OS. The van der Waals surface area contributed by atoms with E-state index in [1.54, 1.807) is 36.4 Å². The molecule has 152 valence electrons. The number of halogens is 3. The summed E-state index contributed by atoms with van der Waals surface area (Å²) in [5.74, 6) is -0.426. The van der Waals surface area contributed by atoms with Crippen LogP contribution in [0.5, 0.6) is 0 Å². The first-order valence-corrected chi connectivity index (χ1v) is 9.87. The summed E-state index contributed by atoms with van der Waals surface area (Å²) in [6.07, 6.45) is -4.44. The van der Waals surface area contributed by atoms with E-state index in [1.807, 2.05) is 13.8 Å². The molecule has 0 saturated carbocycles. The van der Waals surface area contributed by atoms with Crippen molar-refractivity contribution in [3.05, 3.63) is 76.4 Å². The normalized spacial score (nSPS) is 11.6. The van der Waals surface area contributed by atoms with Gasteiger partial charge in [0.25, 0.3) is 5.91 Å². The Morgan fingerprint density at radius 3 is 2.47 bits per heavy atom. The maximum atomic E-state index is 13.1. The highest BCUT2D eigenvalue weighted by Gasteiger charge is 2.30. The van der Waals surface area contributed by atoms with Crippen molar-refractivity contribution in [3.63, 3.8) is 0 Å². The number of hydrogen-bond acceptors (Lipinski definition) is 4. The lowest BCUT2D eigenvalue weighted by atomic mass is 9.99. The number of amides is 1. The second kappa shape index (κ2) is 7.53. The number of nitrogens with one attached hydrogen (secondary N) is 1. The van der Waals surface area contributed by atoms with Crippen LogP contribution in [0.25, 0.3) is 22.0 Å². The average molecular weight is 427 g/mol. The summed E-state index contributed by atoms with van der Waals surface area (Å²) >= 11 is 1.37. The molecule has 4 rings (SSSR count). The number of rotatable bonds is 3. The lowest BCUT2D eigenvalue weighted by molar-refractivity contribution is -0.137. The minimum absolute atomic E-state index is 0.160. The molecule has 0 saturated heterocycles. The third-order valence-electron chi connectivity index (χ3n) is 4.70. The van der Waals surface area contributed by atoms with Crippen LogP contribution < -0.4 is 5.32 Å². The van der Waals surface area contributed by atoms with E-state index < -0.39 is 17.6 Å². The Morgan fingerprint density at radius 1 is 1.00 bits per heavy atom. The van der Waals surface area contributed by atoms with Crippen molar-refractivity contribution >= 4 is 33.3 Å². The highest BCUT2D eigenvalue weighted by molar-refractivity contribution is 7.15. The Balaban J connectivity index is 1.75. The first-order valence-electron chi connectivity index (χ1n) is 9.05. The topological polar surface area (TPSA) is 54.9 Å². The zero-order valence-electron chi connectivity index (χ0n) is 16.0. The molecule has 0 bridgehead atoms. The summed E-state index contributed by atoms with van der Waals surface area (Å²) < 4.78 is 39.4. The van der Waals surface area contributed by atoms with Crippen LogP contribution in [0, 0.1) is 13.8 Å². The molecule has 30 heavy (non-hydrogen) atoms. The molecule has 0 aliphatic carbocycles. The quantitative estimate of drug-likeness (QED) is 0.421. The van der Waals surface area contributed by atoms with Crippen molar-refractivity contribution in [2.45, 2.75) is 20.0 Å². The van der Waals surface area contributed by atoms with Crippen LogP contribution in [-0.4, -0.2) is 15.9 Å². The smallest absolute Gasteiger partial charge is 0.296 e. The first-order chi connectivity index (χ1) is 14.2. The van der Waals surface area contributed by atoms with Crippen molar-refractivity contribution in [1.29, 1.82) is 0 Å². The summed E-state index contributed by atoms with van der Waals surface area (Å²) in [5, 5.41) is 3.93. The third kappa shape index (κ3) is 3.91. The second-order valence-corrected chi connectivity index (χ2v) is 7.97. The fourth-order valence-corrected chi connectivity index (χ4v) is 3.87. The van der Waals surface area contributed by atoms with Gasteiger partial charge in [0, 0.05) is 15.8 Å². The SMILES string of the molecule is Cc1nc(NC(=O)c2ccc3cccc(-c4cccc(C(F)(F)F)c4)c3n2)sc1C. The number of carbonyl (C=O) groups is 1. The number of carbonyl (C=O) groups excluding carboxylic acids is 1. The molecule has 0 fully saturated rings. The van der Waals surface area contributed by atoms with Crippen LogP contribution in [0.2, 0.25) is 0 Å². The molecule has 0 aliphatic rings. The predicted molar refractivity (Wildman–Crippen MR) is 112 cm³/mol. The molecule has 0 unspecified atom stereocenters. The Hall–Kier alpha value is -3.26. The standard InChI is InChI=1S/C22H16F3N3OS/c1-12-13(2)30-21(26-12)28-20(29)18-10-9-14-5-4-8-17(19(14)27-18)15-6-3-7-16(11-15)22(23,24)25/h3-11H,1-2H3,(H,26,28,29). The van der Waals surface area contributed by atoms with Gasteiger partial charge in [0.1, 0.15) is 5.69 Å². The number of aromatic nitrogens is 2. The Morgan fingerprint density at radius 2 is 1.77 bits per heavy atom. The average Bonchev–Trinajstić information content (AvgIpc) is 3.03. The van der Waals surface area contributed by atoms with E-state index in [1.165, 1.54) is 17.4 Å². The van der Waals surface area contributed by atoms with Gasteiger partial charge >= 0.3 is 6.18 Å². The molecule has 0 radical (unpaired) electrons. The van der Waals surface area contributed by atoms with Crippen molar-refractivity contribution in [3.8, 4) is 11.1 Å². The fourth-order valence-electron chi connectivity index (χ4n) is 3.06. The maximum absolute atomic E-state index is 13.1. The second-order valence-electron chi connectivity index (χ2n) is 6.77. The molecule has 2 heterocycles. The van der Waals surface area contributed by atoms with Gasteiger partial charge in [-0.15, -0.1) is 11.3 Å². The van der Waals surface area contributed by atoms with Crippen molar-refractivity contribution < 1.29 is 18.0 Å². The summed E-state index contributed by atoms with van der Waals surface area (Å²) in [5.41, 5.74) is 1.62. The molecule has 1 amide bonds. The molecule has 0 aliphatic heterocycles. The van der Waals surface area contributed by atoms with E-state index >= 15 is 0 Å². The lowest BCUT2D eigenvalue weighted by Crippen LogP contribution is -2.13. The van der Waals surface area contributed by atoms with Gasteiger partial charge in [-0.3, -0.25) is 10.1 Å². The monoisotopic (exact) mass is 427 g/mol. The number of hydrogen-bond donors (Lipinski definition) is 1. The lowest BCUT2D eigenvalue weighted by Gasteiger charge is -2.11. The van der Waals surface area contributed by atoms with Crippen LogP contribution in [0.3, 0.4) is 0 Å². The molecule has 0 spiro atoms. The van der Waals surface area contributed by atoms with Gasteiger partial charge < -0.3 is 0 Å². The predicted octanol–water partition coefficient (Wildman–Crippen LogP) is 6.25. The molecule has 1 N–H and O–H groups in total. The van der Waals surface area contributed by atoms with Gasteiger partial charge in [0.15, 0.2) is 5.13 Å². The molecule has 8 heteroatoms. The molecule has 4 nitrogen and oxygen atoms in total.